The summed E-state index contributed by atoms with van der Waals surface area (Å²) < 4.78 is 27.8. The fourth-order valence-corrected chi connectivity index (χ4v) is 3.33. The zero-order chi connectivity index (χ0) is 22.0. The quantitative estimate of drug-likeness (QED) is 0.526. The Hall–Kier alpha value is -3.17. The Morgan fingerprint density at radius 3 is 2.50 bits per heavy atom. The van der Waals surface area contributed by atoms with Gasteiger partial charge < -0.3 is 10.4 Å². The lowest BCUT2D eigenvalue weighted by Crippen LogP contribution is -2.30. The van der Waals surface area contributed by atoms with Crippen molar-refractivity contribution >= 4 is 35.1 Å². The highest BCUT2D eigenvalue weighted by atomic mass is 35.5. The predicted octanol–water partition coefficient (Wildman–Crippen LogP) is 3.70. The Kier molecular flexibility index (Phi) is 6.23. The van der Waals surface area contributed by atoms with Gasteiger partial charge in [-0.3, -0.25) is 19.5 Å². The number of nitrogens with zero attached hydrogens (tertiary/aromatic N) is 1. The van der Waals surface area contributed by atoms with Crippen molar-refractivity contribution in [1.29, 1.82) is 0 Å². The van der Waals surface area contributed by atoms with Gasteiger partial charge in [0.15, 0.2) is 5.82 Å². The van der Waals surface area contributed by atoms with E-state index in [1.165, 1.54) is 18.2 Å². The number of carboxylic acids is 1. The third-order valence-corrected chi connectivity index (χ3v) is 4.70. The maximum Gasteiger partial charge on any atom is 0.305 e. The Labute approximate surface area is 177 Å². The number of hydrogen-bond acceptors (Lipinski definition) is 3. The van der Waals surface area contributed by atoms with Gasteiger partial charge in [0.2, 0.25) is 0 Å². The standard InChI is InChI=1S/C19H13Cl2F2N3O4/c20-9-1-3-11(12(21)5-9)14(8-18(28)29)24-19(30)15-7-17(27)26(25-15)16-4-2-10(22)6-13(16)23/h1-7,14,25H,8H2,(H,24,30)(H,28,29)/t14-/m0/s1. The molecule has 0 saturated heterocycles. The van der Waals surface area contributed by atoms with E-state index in [1.54, 1.807) is 0 Å². The zero-order valence-corrected chi connectivity index (χ0v) is 16.5. The van der Waals surface area contributed by atoms with Gasteiger partial charge in [-0.2, -0.15) is 0 Å². The van der Waals surface area contributed by atoms with Gasteiger partial charge in [0.05, 0.1) is 12.5 Å². The molecule has 7 nitrogen and oxygen atoms in total. The van der Waals surface area contributed by atoms with E-state index in [-0.39, 0.29) is 16.4 Å². The molecule has 0 aliphatic rings. The molecule has 0 radical (unpaired) electrons. The highest BCUT2D eigenvalue weighted by Gasteiger charge is 2.23. The average Bonchev–Trinajstić information content (AvgIpc) is 3.02. The first-order chi connectivity index (χ1) is 14.2. The molecule has 0 unspecified atom stereocenters. The summed E-state index contributed by atoms with van der Waals surface area (Å²) in [6.07, 6.45) is -0.495. The molecule has 1 aromatic heterocycles. The second-order valence-electron chi connectivity index (χ2n) is 6.23. The van der Waals surface area contributed by atoms with Crippen LogP contribution in [-0.4, -0.2) is 26.8 Å². The third kappa shape index (κ3) is 4.69. The van der Waals surface area contributed by atoms with Gasteiger partial charge in [-0.05, 0) is 29.8 Å². The summed E-state index contributed by atoms with van der Waals surface area (Å²) in [6.45, 7) is 0. The maximum absolute atomic E-state index is 14.0. The maximum atomic E-state index is 14.0. The van der Waals surface area contributed by atoms with Crippen molar-refractivity contribution in [3.63, 3.8) is 0 Å². The summed E-state index contributed by atoms with van der Waals surface area (Å²) in [7, 11) is 0. The molecule has 1 heterocycles. The lowest BCUT2D eigenvalue weighted by molar-refractivity contribution is -0.137. The second kappa shape index (κ2) is 8.68. The number of aromatic nitrogens is 2. The van der Waals surface area contributed by atoms with E-state index < -0.39 is 41.5 Å². The predicted molar refractivity (Wildman–Crippen MR) is 105 cm³/mol. The molecule has 2 aromatic carbocycles. The van der Waals surface area contributed by atoms with Crippen LogP contribution < -0.4 is 10.9 Å². The van der Waals surface area contributed by atoms with Gasteiger partial charge in [0.25, 0.3) is 11.5 Å². The van der Waals surface area contributed by atoms with E-state index in [4.69, 9.17) is 28.3 Å². The highest BCUT2D eigenvalue weighted by molar-refractivity contribution is 6.35. The van der Waals surface area contributed by atoms with Gasteiger partial charge in [0, 0.05) is 22.2 Å². The Morgan fingerprint density at radius 1 is 1.13 bits per heavy atom. The molecule has 3 aromatic rings. The van der Waals surface area contributed by atoms with Crippen LogP contribution in [0, 0.1) is 11.6 Å². The van der Waals surface area contributed by atoms with Crippen LogP contribution in [-0.2, 0) is 4.79 Å². The lowest BCUT2D eigenvalue weighted by atomic mass is 10.0. The van der Waals surface area contributed by atoms with Crippen LogP contribution in [0.5, 0.6) is 0 Å². The summed E-state index contributed by atoms with van der Waals surface area (Å²) in [4.78, 5) is 36.0. The molecule has 0 aliphatic heterocycles. The van der Waals surface area contributed by atoms with Gasteiger partial charge >= 0.3 is 5.97 Å². The highest BCUT2D eigenvalue weighted by Crippen LogP contribution is 2.28. The number of carboxylic acid groups (broad SMARTS) is 1. The van der Waals surface area contributed by atoms with Crippen molar-refractivity contribution in [1.82, 2.24) is 15.1 Å². The molecule has 3 N–H and O–H groups in total. The number of hydrogen-bond donors (Lipinski definition) is 3. The molecular formula is C19H13Cl2F2N3O4. The number of aliphatic carboxylic acids is 1. The van der Waals surface area contributed by atoms with Gasteiger partial charge in [0.1, 0.15) is 17.2 Å². The molecule has 0 aliphatic carbocycles. The summed E-state index contributed by atoms with van der Waals surface area (Å²) in [5.74, 6) is -3.87. The SMILES string of the molecule is O=C(O)C[C@H](NC(=O)c1cc(=O)n(-c2ccc(F)cc2F)[nH]1)c1ccc(Cl)cc1Cl. The number of carbonyl (C=O) groups excluding carboxylic acids is 1. The van der Waals surface area contributed by atoms with Gasteiger partial charge in [-0.15, -0.1) is 0 Å². The molecule has 11 heteroatoms. The lowest BCUT2D eigenvalue weighted by Gasteiger charge is -2.18. The molecule has 156 valence electrons. The molecule has 1 amide bonds. The van der Waals surface area contributed by atoms with Crippen LogP contribution >= 0.6 is 23.2 Å². The van der Waals surface area contributed by atoms with Crippen molar-refractivity contribution in [2.24, 2.45) is 0 Å². The van der Waals surface area contributed by atoms with Crippen LogP contribution in [0.4, 0.5) is 8.78 Å². The van der Waals surface area contributed by atoms with E-state index in [0.717, 1.165) is 22.9 Å². The fourth-order valence-electron chi connectivity index (χ4n) is 2.79. The molecule has 0 fully saturated rings. The van der Waals surface area contributed by atoms with E-state index in [2.05, 4.69) is 10.4 Å². The minimum Gasteiger partial charge on any atom is -0.481 e. The minimum absolute atomic E-state index is 0.147. The van der Waals surface area contributed by atoms with Crippen molar-refractivity contribution in [3.8, 4) is 5.69 Å². The summed E-state index contributed by atoms with van der Waals surface area (Å²) >= 11 is 12.0. The van der Waals surface area contributed by atoms with Crippen LogP contribution in [0.1, 0.15) is 28.5 Å². The molecule has 0 saturated carbocycles. The molecule has 1 atom stereocenters. The molecule has 3 rings (SSSR count). The van der Waals surface area contributed by atoms with Gasteiger partial charge in [-0.25, -0.2) is 13.5 Å². The first-order valence-electron chi connectivity index (χ1n) is 8.41. The number of aromatic amines is 1. The average molecular weight is 456 g/mol. The molecule has 30 heavy (non-hydrogen) atoms. The van der Waals surface area contributed by atoms with E-state index >= 15 is 0 Å². The molecular weight excluding hydrogens is 443 g/mol. The first-order valence-corrected chi connectivity index (χ1v) is 9.16. The number of H-pyrrole nitrogens is 1. The largest absolute Gasteiger partial charge is 0.481 e. The summed E-state index contributed by atoms with van der Waals surface area (Å²) in [5, 5.41) is 14.5. The number of carbonyl (C=O) groups is 2. The summed E-state index contributed by atoms with van der Waals surface area (Å²) in [5.41, 5.74) is -1.01. The monoisotopic (exact) mass is 455 g/mol. The van der Waals surface area contributed by atoms with Crippen molar-refractivity contribution in [3.05, 3.63) is 85.8 Å². The minimum atomic E-state index is -1.20. The van der Waals surface area contributed by atoms with Crippen LogP contribution in [0.25, 0.3) is 5.69 Å². The van der Waals surface area contributed by atoms with Crippen molar-refractivity contribution in [2.45, 2.75) is 12.5 Å². The van der Waals surface area contributed by atoms with E-state index in [1.807, 2.05) is 0 Å². The second-order valence-corrected chi connectivity index (χ2v) is 7.07. The van der Waals surface area contributed by atoms with Crippen LogP contribution in [0.15, 0.2) is 47.3 Å². The third-order valence-electron chi connectivity index (χ3n) is 4.14. The Bertz CT molecular complexity index is 1190. The smallest absolute Gasteiger partial charge is 0.305 e. The normalized spacial score (nSPS) is 11.9. The topological polar surface area (TPSA) is 104 Å². The summed E-state index contributed by atoms with van der Waals surface area (Å²) in [6, 6.07) is 6.80. The number of benzene rings is 2. The number of amides is 1. The van der Waals surface area contributed by atoms with Gasteiger partial charge in [-0.1, -0.05) is 29.3 Å². The first kappa shape index (κ1) is 21.5. The number of rotatable bonds is 6. The Morgan fingerprint density at radius 2 is 1.87 bits per heavy atom. The van der Waals surface area contributed by atoms with Crippen LogP contribution in [0.2, 0.25) is 10.0 Å². The molecule has 0 bridgehead atoms. The van der Waals surface area contributed by atoms with Crippen LogP contribution in [0.3, 0.4) is 0 Å². The number of halogens is 4. The van der Waals surface area contributed by atoms with Crippen molar-refractivity contribution < 1.29 is 23.5 Å². The van der Waals surface area contributed by atoms with E-state index in [0.29, 0.717) is 16.7 Å². The fraction of sp³-hybridized carbons (Fsp3) is 0.105. The van der Waals surface area contributed by atoms with Crippen molar-refractivity contribution in [2.75, 3.05) is 0 Å². The van der Waals surface area contributed by atoms with E-state index in [9.17, 15) is 23.2 Å². The zero-order valence-electron chi connectivity index (χ0n) is 15.0. The number of nitrogens with one attached hydrogen (secondary N) is 2. The Balaban J connectivity index is 1.91. The molecule has 0 spiro atoms.